The first-order valence-corrected chi connectivity index (χ1v) is 11.6. The van der Waals surface area contributed by atoms with E-state index in [0.29, 0.717) is 33.9 Å². The molecule has 0 unspecified atom stereocenters. The average molecular weight is 516 g/mol. The first kappa shape index (κ1) is 24.8. The van der Waals surface area contributed by atoms with E-state index in [1.54, 1.807) is 31.3 Å². The van der Waals surface area contributed by atoms with Gasteiger partial charge in [-0.25, -0.2) is 9.37 Å². The second kappa shape index (κ2) is 10.6. The van der Waals surface area contributed by atoms with Crippen LogP contribution < -0.4 is 25.7 Å². The third-order valence-electron chi connectivity index (χ3n) is 5.82. The lowest BCUT2D eigenvalue weighted by Gasteiger charge is -2.15. The molecule has 0 aliphatic carbocycles. The largest absolute Gasteiger partial charge is 0.454 e. The molecule has 0 spiro atoms. The Bertz CT molecular complexity index is 1590. The summed E-state index contributed by atoms with van der Waals surface area (Å²) in [7, 11) is 1.61. The van der Waals surface area contributed by atoms with Crippen molar-refractivity contribution < 1.29 is 23.5 Å². The number of anilines is 1. The van der Waals surface area contributed by atoms with Crippen LogP contribution in [0.25, 0.3) is 11.3 Å². The van der Waals surface area contributed by atoms with E-state index in [1.807, 2.05) is 0 Å². The van der Waals surface area contributed by atoms with Gasteiger partial charge in [0.05, 0.1) is 25.0 Å². The van der Waals surface area contributed by atoms with Crippen LogP contribution in [-0.2, 0) is 11.3 Å². The maximum Gasteiger partial charge on any atom is 0.294 e. The zero-order valence-electron chi connectivity index (χ0n) is 20.2. The van der Waals surface area contributed by atoms with E-state index in [0.717, 1.165) is 0 Å². The third-order valence-corrected chi connectivity index (χ3v) is 5.82. The summed E-state index contributed by atoms with van der Waals surface area (Å²) in [4.78, 5) is 47.0. The van der Waals surface area contributed by atoms with Gasteiger partial charge in [0.15, 0.2) is 23.1 Å². The number of pyridine rings is 1. The smallest absolute Gasteiger partial charge is 0.294 e. The second-order valence-corrected chi connectivity index (χ2v) is 8.45. The Morgan fingerprint density at radius 1 is 1.00 bits per heavy atom. The van der Waals surface area contributed by atoms with Crippen molar-refractivity contribution in [3.63, 3.8) is 0 Å². The molecule has 38 heavy (non-hydrogen) atoms. The minimum absolute atomic E-state index is 0.00247. The van der Waals surface area contributed by atoms with Crippen LogP contribution in [-0.4, -0.2) is 46.6 Å². The number of carbonyl (C=O) groups is 2. The van der Waals surface area contributed by atoms with Gasteiger partial charge in [0, 0.05) is 29.1 Å². The Balaban J connectivity index is 1.54. The highest BCUT2D eigenvalue weighted by molar-refractivity contribution is 6.08. The summed E-state index contributed by atoms with van der Waals surface area (Å²) in [5.41, 5.74) is 1.69. The lowest BCUT2D eigenvalue weighted by Crippen LogP contribution is -2.32. The number of hydrogen-bond acceptors (Lipinski definition) is 8. The Morgan fingerprint density at radius 3 is 2.58 bits per heavy atom. The van der Waals surface area contributed by atoms with Gasteiger partial charge in [0.2, 0.25) is 12.7 Å². The molecule has 0 bridgehead atoms. The van der Waals surface area contributed by atoms with Gasteiger partial charge >= 0.3 is 0 Å². The van der Waals surface area contributed by atoms with E-state index in [9.17, 15) is 18.8 Å². The number of halogens is 1. The molecule has 11 heteroatoms. The molecular formula is C27H22FN5O5. The Morgan fingerprint density at radius 2 is 1.79 bits per heavy atom. The van der Waals surface area contributed by atoms with Crippen LogP contribution in [0.1, 0.15) is 21.5 Å². The summed E-state index contributed by atoms with van der Waals surface area (Å²) in [6.07, 6.45) is 4.43. The number of nitrogens with one attached hydrogen (secondary N) is 2. The fourth-order valence-corrected chi connectivity index (χ4v) is 4.00. The number of hydrogen-bond donors (Lipinski definition) is 2. The summed E-state index contributed by atoms with van der Waals surface area (Å²) in [6.45, 7) is 0.126. The fraction of sp³-hybridized carbons (Fsp3) is 0.148. The van der Waals surface area contributed by atoms with Crippen molar-refractivity contribution in [1.82, 2.24) is 19.9 Å². The molecule has 3 heterocycles. The molecule has 2 N–H and O–H groups in total. The summed E-state index contributed by atoms with van der Waals surface area (Å²) >= 11 is 0. The first-order valence-electron chi connectivity index (χ1n) is 11.6. The standard InChI is InChI=1S/C27H22FN5O5/c1-29-13-24(34)32-26-27(36)33(21(12-31-26)18-4-7-22-23(9-18)38-15-37-22)14-16-8-19(11-30-10-16)25(35)17-2-5-20(28)6-3-17/h2-12,29H,13-15H2,1H3,(H,31,32,34). The van der Waals surface area contributed by atoms with Crippen LogP contribution in [0.15, 0.2) is 71.9 Å². The Kier molecular flexibility index (Phi) is 6.92. The predicted molar refractivity (Wildman–Crippen MR) is 136 cm³/mol. The number of rotatable bonds is 8. The molecular weight excluding hydrogens is 493 g/mol. The molecule has 192 valence electrons. The number of nitrogens with zero attached hydrogens (tertiary/aromatic N) is 3. The van der Waals surface area contributed by atoms with Crippen LogP contribution in [0.3, 0.4) is 0 Å². The molecule has 5 rings (SSSR count). The number of aromatic nitrogens is 3. The highest BCUT2D eigenvalue weighted by Crippen LogP contribution is 2.35. The van der Waals surface area contributed by atoms with Crippen LogP contribution in [0.4, 0.5) is 10.2 Å². The highest BCUT2D eigenvalue weighted by atomic mass is 19.1. The lowest BCUT2D eigenvalue weighted by molar-refractivity contribution is -0.115. The van der Waals surface area contributed by atoms with Crippen molar-refractivity contribution in [1.29, 1.82) is 0 Å². The number of carbonyl (C=O) groups excluding carboxylic acids is 2. The Hall–Kier alpha value is -4.90. The molecule has 0 radical (unpaired) electrons. The van der Waals surface area contributed by atoms with Crippen molar-refractivity contribution in [2.24, 2.45) is 0 Å². The number of ether oxygens (including phenoxy) is 2. The number of ketones is 1. The number of benzene rings is 2. The van der Waals surface area contributed by atoms with Crippen molar-refractivity contribution in [3.8, 4) is 22.8 Å². The number of amides is 1. The van der Waals surface area contributed by atoms with Gasteiger partial charge < -0.3 is 20.1 Å². The summed E-state index contributed by atoms with van der Waals surface area (Å²) in [6, 6.07) is 12.1. The topological polar surface area (TPSA) is 124 Å². The highest BCUT2D eigenvalue weighted by Gasteiger charge is 2.19. The molecule has 0 saturated heterocycles. The molecule has 2 aromatic carbocycles. The van der Waals surface area contributed by atoms with Crippen LogP contribution in [0.5, 0.6) is 11.5 Å². The van der Waals surface area contributed by atoms with E-state index >= 15 is 0 Å². The maximum absolute atomic E-state index is 13.5. The lowest BCUT2D eigenvalue weighted by atomic mass is 10.0. The normalized spacial score (nSPS) is 11.8. The van der Waals surface area contributed by atoms with Gasteiger partial charge in [-0.15, -0.1) is 0 Å². The quantitative estimate of drug-likeness (QED) is 0.343. The average Bonchev–Trinajstić information content (AvgIpc) is 3.39. The molecule has 10 nitrogen and oxygen atoms in total. The van der Waals surface area contributed by atoms with Crippen LogP contribution >= 0.6 is 0 Å². The number of likely N-dealkylation sites (N-methyl/N-ethyl adjacent to an activating group) is 1. The molecule has 1 amide bonds. The minimum Gasteiger partial charge on any atom is -0.454 e. The molecule has 1 aliphatic rings. The van der Waals surface area contributed by atoms with Crippen molar-refractivity contribution in [3.05, 3.63) is 100.0 Å². The van der Waals surface area contributed by atoms with E-state index in [-0.39, 0.29) is 37.0 Å². The second-order valence-electron chi connectivity index (χ2n) is 8.45. The summed E-state index contributed by atoms with van der Waals surface area (Å²) < 4.78 is 25.6. The van der Waals surface area contributed by atoms with Crippen molar-refractivity contribution in [2.75, 3.05) is 25.7 Å². The maximum atomic E-state index is 13.5. The molecule has 2 aromatic heterocycles. The zero-order valence-corrected chi connectivity index (χ0v) is 20.2. The fourth-order valence-electron chi connectivity index (χ4n) is 4.00. The molecule has 1 aliphatic heterocycles. The van der Waals surface area contributed by atoms with Gasteiger partial charge in [-0.05, 0) is 61.1 Å². The zero-order chi connectivity index (χ0) is 26.6. The number of fused-ring (bicyclic) bond motifs is 1. The summed E-state index contributed by atoms with van der Waals surface area (Å²) in [5, 5.41) is 5.24. The Labute approximate surface area is 216 Å². The van der Waals surface area contributed by atoms with Gasteiger partial charge in [0.25, 0.3) is 5.56 Å². The monoisotopic (exact) mass is 515 g/mol. The van der Waals surface area contributed by atoms with E-state index in [2.05, 4.69) is 20.6 Å². The first-order chi connectivity index (χ1) is 18.4. The minimum atomic E-state index is -0.542. The van der Waals surface area contributed by atoms with Crippen LogP contribution in [0.2, 0.25) is 0 Å². The van der Waals surface area contributed by atoms with Gasteiger partial charge in [-0.2, -0.15) is 0 Å². The van der Waals surface area contributed by atoms with Gasteiger partial charge in [-0.1, -0.05) is 0 Å². The van der Waals surface area contributed by atoms with E-state index < -0.39 is 17.3 Å². The molecule has 0 atom stereocenters. The van der Waals surface area contributed by atoms with Crippen LogP contribution in [0, 0.1) is 5.82 Å². The summed E-state index contributed by atoms with van der Waals surface area (Å²) in [5.74, 6) is -0.227. The predicted octanol–water partition coefficient (Wildman–Crippen LogP) is 2.61. The van der Waals surface area contributed by atoms with Crippen molar-refractivity contribution >= 4 is 17.5 Å². The van der Waals surface area contributed by atoms with E-state index in [1.165, 1.54) is 47.4 Å². The molecule has 4 aromatic rings. The van der Waals surface area contributed by atoms with Gasteiger partial charge in [0.1, 0.15) is 5.82 Å². The molecule has 0 saturated carbocycles. The SMILES string of the molecule is CNCC(=O)Nc1ncc(-c2ccc3c(c2)OCO3)n(Cc2cncc(C(=O)c3ccc(F)cc3)c2)c1=O. The van der Waals surface area contributed by atoms with Crippen molar-refractivity contribution in [2.45, 2.75) is 6.54 Å². The van der Waals surface area contributed by atoms with Gasteiger partial charge in [-0.3, -0.25) is 23.9 Å². The van der Waals surface area contributed by atoms with E-state index in [4.69, 9.17) is 9.47 Å². The molecule has 0 fully saturated rings. The third kappa shape index (κ3) is 5.13.